The van der Waals surface area contributed by atoms with Crippen molar-refractivity contribution in [3.63, 3.8) is 0 Å². The quantitative estimate of drug-likeness (QED) is 0.746. The molecule has 0 spiro atoms. The number of nitrogens with zero attached hydrogens (tertiary/aromatic N) is 4. The second-order valence-corrected chi connectivity index (χ2v) is 8.14. The van der Waals surface area contributed by atoms with E-state index in [9.17, 15) is 9.59 Å². The average Bonchev–Trinajstić information content (AvgIpc) is 3.45. The van der Waals surface area contributed by atoms with Crippen molar-refractivity contribution >= 4 is 11.9 Å². The average molecular weight is 382 g/mol. The van der Waals surface area contributed by atoms with Gasteiger partial charge in [0.2, 0.25) is 17.6 Å². The largest absolute Gasteiger partial charge is 0.465 e. The minimum atomic E-state index is -0.259. The molecule has 28 heavy (non-hydrogen) atoms. The molecule has 1 aliphatic carbocycles. The van der Waals surface area contributed by atoms with E-state index in [1.54, 1.807) is 12.4 Å². The van der Waals surface area contributed by atoms with Gasteiger partial charge in [0.25, 0.3) is 0 Å². The molecule has 4 heterocycles. The van der Waals surface area contributed by atoms with Crippen LogP contribution in [0, 0.1) is 11.8 Å². The first-order valence-electron chi connectivity index (χ1n) is 9.82. The first-order valence-corrected chi connectivity index (χ1v) is 9.82. The second-order valence-electron chi connectivity index (χ2n) is 8.14. The zero-order valence-corrected chi connectivity index (χ0v) is 15.5. The Kier molecular flexibility index (Phi) is 4.14. The van der Waals surface area contributed by atoms with Crippen molar-refractivity contribution in [2.24, 2.45) is 11.8 Å². The number of carbonyl (C=O) groups is 2. The topological polar surface area (TPSA) is 98.4 Å². The summed E-state index contributed by atoms with van der Waals surface area (Å²) in [6.45, 7) is 1.67. The van der Waals surface area contributed by atoms with E-state index in [4.69, 9.17) is 9.26 Å². The Balaban J connectivity index is 1.35. The molecule has 5 rings (SSSR count). The van der Waals surface area contributed by atoms with E-state index in [1.807, 2.05) is 17.0 Å². The first-order chi connectivity index (χ1) is 13.6. The van der Waals surface area contributed by atoms with E-state index in [1.165, 1.54) is 0 Å². The molecule has 3 aliphatic rings. The summed E-state index contributed by atoms with van der Waals surface area (Å²) in [6.07, 6.45) is 7.22. The molecule has 0 bridgehead atoms. The van der Waals surface area contributed by atoms with E-state index in [0.717, 1.165) is 24.8 Å². The normalized spacial score (nSPS) is 29.1. The molecule has 3 fully saturated rings. The number of aromatic nitrogens is 3. The molecule has 2 saturated heterocycles. The Labute approximate surface area is 162 Å². The van der Waals surface area contributed by atoms with Crippen LogP contribution in [-0.4, -0.2) is 51.6 Å². The van der Waals surface area contributed by atoms with Crippen LogP contribution in [0.1, 0.15) is 38.0 Å². The number of fused-ring (bicyclic) bond motifs is 1. The number of esters is 1. The number of rotatable bonds is 4. The maximum absolute atomic E-state index is 12.8. The summed E-state index contributed by atoms with van der Waals surface area (Å²) in [7, 11) is 0. The monoisotopic (exact) mass is 382 g/mol. The van der Waals surface area contributed by atoms with Gasteiger partial charge in [0.05, 0.1) is 18.4 Å². The van der Waals surface area contributed by atoms with Crippen LogP contribution in [0.4, 0.5) is 0 Å². The Morgan fingerprint density at radius 1 is 1.39 bits per heavy atom. The van der Waals surface area contributed by atoms with Gasteiger partial charge < -0.3 is 14.2 Å². The van der Waals surface area contributed by atoms with Crippen LogP contribution in [0.2, 0.25) is 0 Å². The fourth-order valence-electron chi connectivity index (χ4n) is 4.94. The molecular formula is C20H22N4O4. The lowest BCUT2D eigenvalue weighted by atomic mass is 9.80. The fraction of sp³-hybridized carbons (Fsp3) is 0.550. The highest BCUT2D eigenvalue weighted by atomic mass is 16.5. The summed E-state index contributed by atoms with van der Waals surface area (Å²) in [5.41, 5.74) is 0.561. The van der Waals surface area contributed by atoms with Crippen LogP contribution in [0.15, 0.2) is 29.0 Å². The maximum Gasteiger partial charge on any atom is 0.306 e. The number of ether oxygens (including phenoxy) is 1. The van der Waals surface area contributed by atoms with Crippen molar-refractivity contribution < 1.29 is 18.8 Å². The lowest BCUT2D eigenvalue weighted by molar-refractivity contribution is -0.138. The van der Waals surface area contributed by atoms with Crippen molar-refractivity contribution in [3.05, 3.63) is 30.4 Å². The number of hydrogen-bond donors (Lipinski definition) is 0. The Morgan fingerprint density at radius 3 is 3.11 bits per heavy atom. The molecule has 2 aliphatic heterocycles. The molecule has 0 radical (unpaired) electrons. The number of carbonyl (C=O) groups excluding carboxylic acids is 2. The lowest BCUT2D eigenvalue weighted by Crippen LogP contribution is -2.35. The maximum atomic E-state index is 12.8. The Bertz CT molecular complexity index is 899. The molecular weight excluding hydrogens is 360 g/mol. The van der Waals surface area contributed by atoms with E-state index in [0.29, 0.717) is 50.2 Å². The highest BCUT2D eigenvalue weighted by Gasteiger charge is 2.55. The Morgan fingerprint density at radius 2 is 2.32 bits per heavy atom. The van der Waals surface area contributed by atoms with Crippen LogP contribution in [0.25, 0.3) is 11.4 Å². The summed E-state index contributed by atoms with van der Waals surface area (Å²) in [5.74, 6) is 1.38. The molecule has 1 saturated carbocycles. The zero-order chi connectivity index (χ0) is 19.1. The molecule has 3 atom stereocenters. The molecule has 0 unspecified atom stereocenters. The molecule has 146 valence electrons. The van der Waals surface area contributed by atoms with E-state index in [-0.39, 0.29) is 23.2 Å². The molecule has 1 amide bonds. The van der Waals surface area contributed by atoms with Crippen molar-refractivity contribution in [2.45, 2.75) is 37.5 Å². The van der Waals surface area contributed by atoms with Crippen LogP contribution in [-0.2, 0) is 19.7 Å². The number of likely N-dealkylation sites (tertiary alicyclic amines) is 1. The molecule has 0 N–H and O–H groups in total. The summed E-state index contributed by atoms with van der Waals surface area (Å²) in [5, 5.41) is 4.16. The van der Waals surface area contributed by atoms with Crippen LogP contribution >= 0.6 is 0 Å². The molecule has 8 nitrogen and oxygen atoms in total. The SMILES string of the molecule is O=C1C[C@@H](CC(=O)N2C[C@H]3CCC[C@@]3(c3nc(-c4cccnc4)no3)C2)CO1. The number of cyclic esters (lactones) is 1. The summed E-state index contributed by atoms with van der Waals surface area (Å²) in [4.78, 5) is 34.8. The third-order valence-corrected chi connectivity index (χ3v) is 6.39. The van der Waals surface area contributed by atoms with E-state index >= 15 is 0 Å². The minimum Gasteiger partial charge on any atom is -0.465 e. The van der Waals surface area contributed by atoms with Crippen molar-refractivity contribution in [1.82, 2.24) is 20.0 Å². The minimum absolute atomic E-state index is 0.00280. The Hall–Kier alpha value is -2.77. The summed E-state index contributed by atoms with van der Waals surface area (Å²) >= 11 is 0. The van der Waals surface area contributed by atoms with Gasteiger partial charge in [-0.25, -0.2) is 0 Å². The highest BCUT2D eigenvalue weighted by molar-refractivity contribution is 5.79. The van der Waals surface area contributed by atoms with Crippen molar-refractivity contribution in [3.8, 4) is 11.4 Å². The molecule has 2 aromatic heterocycles. The van der Waals surface area contributed by atoms with Gasteiger partial charge in [-0.1, -0.05) is 11.6 Å². The van der Waals surface area contributed by atoms with Crippen molar-refractivity contribution in [1.29, 1.82) is 0 Å². The van der Waals surface area contributed by atoms with Gasteiger partial charge >= 0.3 is 5.97 Å². The first kappa shape index (κ1) is 17.3. The summed E-state index contributed by atoms with van der Waals surface area (Å²) in [6, 6.07) is 3.75. The van der Waals surface area contributed by atoms with Crippen LogP contribution in [0.3, 0.4) is 0 Å². The van der Waals surface area contributed by atoms with Gasteiger partial charge in [-0.3, -0.25) is 14.6 Å². The third kappa shape index (κ3) is 2.87. The molecule has 0 aromatic carbocycles. The number of hydrogen-bond acceptors (Lipinski definition) is 7. The standard InChI is InChI=1S/C20H22N4O4/c25-16(7-13-8-17(26)27-11-13)24-10-15-4-1-5-20(15,12-24)19-22-18(23-28-19)14-3-2-6-21-9-14/h2-3,6,9,13,15H,1,4-5,7-8,10-12H2/t13-,15-,20-/m1/s1. The number of amides is 1. The van der Waals surface area contributed by atoms with Gasteiger partial charge in [0, 0.05) is 43.4 Å². The van der Waals surface area contributed by atoms with E-state index < -0.39 is 0 Å². The van der Waals surface area contributed by atoms with E-state index in [2.05, 4.69) is 15.1 Å². The molecule has 8 heteroatoms. The predicted molar refractivity (Wildman–Crippen MR) is 96.8 cm³/mol. The second kappa shape index (κ2) is 6.68. The fourth-order valence-corrected chi connectivity index (χ4v) is 4.94. The summed E-state index contributed by atoms with van der Waals surface area (Å²) < 4.78 is 10.7. The lowest BCUT2D eigenvalue weighted by Gasteiger charge is -2.24. The van der Waals surface area contributed by atoms with Gasteiger partial charge in [0.1, 0.15) is 0 Å². The predicted octanol–water partition coefficient (Wildman–Crippen LogP) is 1.96. The van der Waals surface area contributed by atoms with Gasteiger partial charge in [0.15, 0.2) is 0 Å². The molecule has 2 aromatic rings. The smallest absolute Gasteiger partial charge is 0.306 e. The van der Waals surface area contributed by atoms with Gasteiger partial charge in [-0.2, -0.15) is 4.98 Å². The van der Waals surface area contributed by atoms with Gasteiger partial charge in [-0.05, 0) is 30.9 Å². The third-order valence-electron chi connectivity index (χ3n) is 6.39. The van der Waals surface area contributed by atoms with Crippen LogP contribution in [0.5, 0.6) is 0 Å². The van der Waals surface area contributed by atoms with Crippen LogP contribution < -0.4 is 0 Å². The highest BCUT2D eigenvalue weighted by Crippen LogP contribution is 2.50. The van der Waals surface area contributed by atoms with Crippen molar-refractivity contribution in [2.75, 3.05) is 19.7 Å². The van der Waals surface area contributed by atoms with Gasteiger partial charge in [-0.15, -0.1) is 0 Å². The zero-order valence-electron chi connectivity index (χ0n) is 15.5. The number of pyridine rings is 1.